The Morgan fingerprint density at radius 2 is 2.10 bits per heavy atom. The first-order valence-electron chi connectivity index (χ1n) is 6.20. The van der Waals surface area contributed by atoms with E-state index in [0.29, 0.717) is 12.4 Å². The molecule has 0 saturated heterocycles. The van der Waals surface area contributed by atoms with Gasteiger partial charge in [0.05, 0.1) is 6.21 Å². The van der Waals surface area contributed by atoms with Crippen LogP contribution in [0.2, 0.25) is 0 Å². The van der Waals surface area contributed by atoms with Crippen LogP contribution in [0, 0.1) is 0 Å². The molecule has 3 N–H and O–H groups in total. The summed E-state index contributed by atoms with van der Waals surface area (Å²) in [7, 11) is 0. The summed E-state index contributed by atoms with van der Waals surface area (Å²) in [6.07, 6.45) is 1.49. The van der Waals surface area contributed by atoms with Gasteiger partial charge in [-0.3, -0.25) is 0 Å². The van der Waals surface area contributed by atoms with Gasteiger partial charge in [0.25, 0.3) is 0 Å². The van der Waals surface area contributed by atoms with Crippen LogP contribution in [0.4, 0.5) is 4.79 Å². The van der Waals surface area contributed by atoms with Crippen molar-refractivity contribution in [2.75, 3.05) is 0 Å². The van der Waals surface area contributed by atoms with E-state index in [2.05, 4.69) is 26.5 Å². The molecule has 0 atom stereocenters. The average molecular weight is 348 g/mol. The predicted octanol–water partition coefficient (Wildman–Crippen LogP) is 3.03. The predicted molar refractivity (Wildman–Crippen MR) is 85.2 cm³/mol. The maximum atomic E-state index is 10.6. The number of carbonyl (C=O) groups is 1. The van der Waals surface area contributed by atoms with Gasteiger partial charge in [-0.25, -0.2) is 10.2 Å². The van der Waals surface area contributed by atoms with Gasteiger partial charge in [-0.15, -0.1) is 0 Å². The van der Waals surface area contributed by atoms with Crippen LogP contribution in [0.25, 0.3) is 0 Å². The zero-order valence-corrected chi connectivity index (χ0v) is 12.7. The van der Waals surface area contributed by atoms with Gasteiger partial charge >= 0.3 is 6.03 Å². The number of para-hydroxylation sites is 1. The number of hydrazone groups is 1. The first-order chi connectivity index (χ1) is 10.1. The second-order valence-corrected chi connectivity index (χ2v) is 5.11. The fourth-order valence-corrected chi connectivity index (χ4v) is 2.12. The Kier molecular flexibility index (Phi) is 5.34. The number of primary amides is 1. The van der Waals surface area contributed by atoms with E-state index in [9.17, 15) is 4.79 Å². The lowest BCUT2D eigenvalue weighted by molar-refractivity contribution is 0.249. The molecule has 0 bridgehead atoms. The molecule has 0 aliphatic heterocycles. The molecule has 0 spiro atoms. The molecular weight excluding hydrogens is 334 g/mol. The zero-order valence-electron chi connectivity index (χ0n) is 11.1. The van der Waals surface area contributed by atoms with Crippen LogP contribution in [0.15, 0.2) is 58.1 Å². The third-order valence-electron chi connectivity index (χ3n) is 2.58. The zero-order chi connectivity index (χ0) is 15.1. The van der Waals surface area contributed by atoms with Crippen molar-refractivity contribution in [1.29, 1.82) is 0 Å². The number of hydrogen-bond acceptors (Lipinski definition) is 3. The molecule has 0 aliphatic carbocycles. The van der Waals surface area contributed by atoms with E-state index in [1.807, 2.05) is 48.5 Å². The highest BCUT2D eigenvalue weighted by Crippen LogP contribution is 2.19. The number of urea groups is 1. The van der Waals surface area contributed by atoms with Gasteiger partial charge in [-0.05, 0) is 29.8 Å². The number of nitrogens with two attached hydrogens (primary N) is 1. The second-order valence-electron chi connectivity index (χ2n) is 4.19. The van der Waals surface area contributed by atoms with E-state index >= 15 is 0 Å². The Balaban J connectivity index is 2.06. The van der Waals surface area contributed by atoms with Gasteiger partial charge in [-0.2, -0.15) is 5.10 Å². The first-order valence-corrected chi connectivity index (χ1v) is 6.99. The Bertz CT molecular complexity index is 659. The average Bonchev–Trinajstić information content (AvgIpc) is 2.46. The summed E-state index contributed by atoms with van der Waals surface area (Å²) < 4.78 is 6.78. The number of hydrogen-bond donors (Lipinski definition) is 2. The highest BCUT2D eigenvalue weighted by molar-refractivity contribution is 9.10. The SMILES string of the molecule is NC(=O)NN=Cc1ccccc1OCc1cccc(Br)c1. The van der Waals surface area contributed by atoms with Crippen molar-refractivity contribution in [2.45, 2.75) is 6.61 Å². The van der Waals surface area contributed by atoms with Crippen LogP contribution in [0.1, 0.15) is 11.1 Å². The van der Waals surface area contributed by atoms with E-state index in [1.165, 1.54) is 6.21 Å². The molecule has 108 valence electrons. The van der Waals surface area contributed by atoms with Gasteiger partial charge in [-0.1, -0.05) is 40.2 Å². The highest BCUT2D eigenvalue weighted by atomic mass is 79.9. The minimum absolute atomic E-state index is 0.438. The molecule has 0 fully saturated rings. The van der Waals surface area contributed by atoms with Gasteiger partial charge < -0.3 is 10.5 Å². The smallest absolute Gasteiger partial charge is 0.332 e. The van der Waals surface area contributed by atoms with Crippen molar-refractivity contribution in [3.63, 3.8) is 0 Å². The number of rotatable bonds is 5. The summed E-state index contributed by atoms with van der Waals surface area (Å²) >= 11 is 3.42. The summed E-state index contributed by atoms with van der Waals surface area (Å²) in [4.78, 5) is 10.6. The summed E-state index contributed by atoms with van der Waals surface area (Å²) in [5, 5.41) is 3.73. The standard InChI is InChI=1S/C15H14BrN3O2/c16-13-6-3-4-11(8-13)10-21-14-7-2-1-5-12(14)9-18-19-15(17)20/h1-9H,10H2,(H3,17,19,20). The number of nitrogens with one attached hydrogen (secondary N) is 1. The largest absolute Gasteiger partial charge is 0.488 e. The minimum Gasteiger partial charge on any atom is -0.488 e. The maximum Gasteiger partial charge on any atom is 0.332 e. The van der Waals surface area contributed by atoms with Crippen molar-refractivity contribution in [1.82, 2.24) is 5.43 Å². The van der Waals surface area contributed by atoms with Gasteiger partial charge in [0, 0.05) is 10.0 Å². The minimum atomic E-state index is -0.709. The van der Waals surface area contributed by atoms with Crippen LogP contribution in [0.3, 0.4) is 0 Å². The van der Waals surface area contributed by atoms with E-state index in [4.69, 9.17) is 10.5 Å². The molecule has 2 rings (SSSR count). The number of carbonyl (C=O) groups excluding carboxylic acids is 1. The third kappa shape index (κ3) is 4.92. The monoisotopic (exact) mass is 347 g/mol. The van der Waals surface area contributed by atoms with E-state index in [1.54, 1.807) is 0 Å². The Labute approximate surface area is 130 Å². The van der Waals surface area contributed by atoms with E-state index in [-0.39, 0.29) is 0 Å². The third-order valence-corrected chi connectivity index (χ3v) is 3.07. The lowest BCUT2D eigenvalue weighted by Gasteiger charge is -2.09. The quantitative estimate of drug-likeness (QED) is 0.644. The van der Waals surface area contributed by atoms with E-state index in [0.717, 1.165) is 15.6 Å². The fourth-order valence-electron chi connectivity index (χ4n) is 1.67. The van der Waals surface area contributed by atoms with Crippen molar-refractivity contribution < 1.29 is 9.53 Å². The summed E-state index contributed by atoms with van der Waals surface area (Å²) in [6, 6.07) is 14.6. The van der Waals surface area contributed by atoms with Crippen molar-refractivity contribution in [2.24, 2.45) is 10.8 Å². The van der Waals surface area contributed by atoms with Crippen LogP contribution < -0.4 is 15.9 Å². The van der Waals surface area contributed by atoms with Gasteiger partial charge in [0.1, 0.15) is 12.4 Å². The molecule has 0 unspecified atom stereocenters. The molecule has 0 radical (unpaired) electrons. The topological polar surface area (TPSA) is 76.7 Å². The van der Waals surface area contributed by atoms with Gasteiger partial charge in [0.2, 0.25) is 0 Å². The molecule has 6 heteroatoms. The molecule has 5 nitrogen and oxygen atoms in total. The van der Waals surface area contributed by atoms with Crippen LogP contribution in [0.5, 0.6) is 5.75 Å². The van der Waals surface area contributed by atoms with Crippen molar-refractivity contribution in [3.05, 3.63) is 64.1 Å². The summed E-state index contributed by atoms with van der Waals surface area (Å²) in [5.74, 6) is 0.674. The molecule has 21 heavy (non-hydrogen) atoms. The lowest BCUT2D eigenvalue weighted by atomic mass is 10.2. The normalized spacial score (nSPS) is 10.5. The number of amides is 2. The Morgan fingerprint density at radius 1 is 1.29 bits per heavy atom. The number of halogens is 1. The number of benzene rings is 2. The maximum absolute atomic E-state index is 10.6. The number of ether oxygens (including phenoxy) is 1. The Morgan fingerprint density at radius 3 is 2.86 bits per heavy atom. The molecule has 0 aliphatic rings. The molecule has 0 aromatic heterocycles. The molecule has 2 aromatic carbocycles. The Hall–Kier alpha value is -2.34. The highest BCUT2D eigenvalue weighted by Gasteiger charge is 2.02. The molecule has 2 aromatic rings. The van der Waals surface area contributed by atoms with Crippen LogP contribution >= 0.6 is 15.9 Å². The first kappa shape index (κ1) is 15.1. The van der Waals surface area contributed by atoms with Crippen molar-refractivity contribution >= 4 is 28.2 Å². The van der Waals surface area contributed by atoms with Gasteiger partial charge in [0.15, 0.2) is 0 Å². The van der Waals surface area contributed by atoms with Crippen LogP contribution in [-0.4, -0.2) is 12.2 Å². The lowest BCUT2D eigenvalue weighted by Crippen LogP contribution is -2.24. The van der Waals surface area contributed by atoms with Crippen molar-refractivity contribution in [3.8, 4) is 5.75 Å². The van der Waals surface area contributed by atoms with E-state index < -0.39 is 6.03 Å². The fraction of sp³-hybridized carbons (Fsp3) is 0.0667. The summed E-state index contributed by atoms with van der Waals surface area (Å²) in [5.41, 5.74) is 8.89. The second kappa shape index (κ2) is 7.44. The molecule has 0 saturated carbocycles. The number of nitrogens with zero attached hydrogens (tertiary/aromatic N) is 1. The van der Waals surface area contributed by atoms with Crippen LogP contribution in [-0.2, 0) is 6.61 Å². The molecule has 2 amide bonds. The molecular formula is C15H14BrN3O2. The summed E-state index contributed by atoms with van der Waals surface area (Å²) in [6.45, 7) is 0.438. The molecule has 0 heterocycles.